The molecule has 0 aliphatic carbocycles. The van der Waals surface area contributed by atoms with E-state index in [1.165, 1.54) is 13.3 Å². The lowest BCUT2D eigenvalue weighted by Gasteiger charge is -2.07. The molecule has 5 heteroatoms. The zero-order valence-electron chi connectivity index (χ0n) is 9.32. The van der Waals surface area contributed by atoms with Crippen molar-refractivity contribution in [3.63, 3.8) is 0 Å². The minimum Gasteiger partial charge on any atom is -0.496 e. The maximum absolute atomic E-state index is 11.7. The van der Waals surface area contributed by atoms with Crippen LogP contribution >= 0.6 is 0 Å². The van der Waals surface area contributed by atoms with Gasteiger partial charge in [0.25, 0.3) is 0 Å². The van der Waals surface area contributed by atoms with Gasteiger partial charge in [0, 0.05) is 18.8 Å². The molecule has 0 radical (unpaired) electrons. The van der Waals surface area contributed by atoms with Crippen molar-refractivity contribution in [1.82, 2.24) is 10.3 Å². The summed E-state index contributed by atoms with van der Waals surface area (Å²) in [5.41, 5.74) is 0.376. The van der Waals surface area contributed by atoms with Gasteiger partial charge in [0.2, 0.25) is 5.91 Å². The van der Waals surface area contributed by atoms with Crippen molar-refractivity contribution in [3.05, 3.63) is 24.0 Å². The van der Waals surface area contributed by atoms with Crippen LogP contribution in [0.15, 0.2) is 18.5 Å². The zero-order chi connectivity index (χ0) is 12.0. The molecule has 1 heterocycles. The number of methoxy groups -OCH3 is 1. The van der Waals surface area contributed by atoms with Crippen LogP contribution in [0.2, 0.25) is 0 Å². The van der Waals surface area contributed by atoms with Crippen LogP contribution in [0.25, 0.3) is 0 Å². The first-order chi connectivity index (χ1) is 7.69. The number of ketones is 1. The minimum atomic E-state index is -0.216. The number of Topliss-reactive ketones (excluding diaryl/α,β-unsaturated/α-hetero) is 1. The smallest absolute Gasteiger partial charge is 0.220 e. The highest BCUT2D eigenvalue weighted by atomic mass is 16.5. The molecule has 0 aromatic carbocycles. The SMILES string of the molecule is CCC(=O)NCC(=O)c1cnccc1OC. The van der Waals surface area contributed by atoms with Gasteiger partial charge >= 0.3 is 0 Å². The van der Waals surface area contributed by atoms with Crippen molar-refractivity contribution in [2.24, 2.45) is 0 Å². The molecule has 1 N–H and O–H groups in total. The minimum absolute atomic E-state index is 0.0330. The van der Waals surface area contributed by atoms with Crippen molar-refractivity contribution >= 4 is 11.7 Å². The first kappa shape index (κ1) is 12.2. The molecular formula is C11H14N2O3. The van der Waals surface area contributed by atoms with E-state index in [0.717, 1.165) is 0 Å². The number of carbonyl (C=O) groups is 2. The number of carbonyl (C=O) groups excluding carboxylic acids is 2. The van der Waals surface area contributed by atoms with Crippen molar-refractivity contribution < 1.29 is 14.3 Å². The van der Waals surface area contributed by atoms with Gasteiger partial charge in [-0.15, -0.1) is 0 Å². The molecule has 0 aliphatic rings. The van der Waals surface area contributed by atoms with Crippen LogP contribution in [0.3, 0.4) is 0 Å². The second-order valence-corrected chi connectivity index (χ2v) is 3.13. The summed E-state index contributed by atoms with van der Waals surface area (Å²) in [4.78, 5) is 26.5. The molecule has 0 aliphatic heterocycles. The predicted molar refractivity (Wildman–Crippen MR) is 58.4 cm³/mol. The largest absolute Gasteiger partial charge is 0.496 e. The van der Waals surface area contributed by atoms with Crippen LogP contribution < -0.4 is 10.1 Å². The zero-order valence-corrected chi connectivity index (χ0v) is 9.32. The topological polar surface area (TPSA) is 68.3 Å². The summed E-state index contributed by atoms with van der Waals surface area (Å²) in [5.74, 6) is 0.0914. The van der Waals surface area contributed by atoms with E-state index in [0.29, 0.717) is 17.7 Å². The molecule has 1 aromatic heterocycles. The normalized spacial score (nSPS) is 9.62. The summed E-state index contributed by atoms with van der Waals surface area (Å²) >= 11 is 0. The number of nitrogens with zero attached hydrogens (tertiary/aromatic N) is 1. The molecular weight excluding hydrogens is 208 g/mol. The van der Waals surface area contributed by atoms with Gasteiger partial charge in [-0.2, -0.15) is 0 Å². The van der Waals surface area contributed by atoms with E-state index in [-0.39, 0.29) is 18.2 Å². The molecule has 0 spiro atoms. The van der Waals surface area contributed by atoms with Gasteiger partial charge in [0.1, 0.15) is 5.75 Å². The molecule has 0 bridgehead atoms. The summed E-state index contributed by atoms with van der Waals surface area (Å²) in [7, 11) is 1.48. The third kappa shape index (κ3) is 3.05. The van der Waals surface area contributed by atoms with Crippen molar-refractivity contribution in [3.8, 4) is 5.75 Å². The second-order valence-electron chi connectivity index (χ2n) is 3.13. The number of hydrogen-bond donors (Lipinski definition) is 1. The molecule has 1 amide bonds. The first-order valence-corrected chi connectivity index (χ1v) is 4.97. The van der Waals surface area contributed by atoms with Gasteiger partial charge < -0.3 is 10.1 Å². The van der Waals surface area contributed by atoms with Crippen LogP contribution in [0, 0.1) is 0 Å². The monoisotopic (exact) mass is 222 g/mol. The fraction of sp³-hybridized carbons (Fsp3) is 0.364. The van der Waals surface area contributed by atoms with Gasteiger partial charge in [-0.1, -0.05) is 6.92 Å². The predicted octanol–water partition coefficient (Wildman–Crippen LogP) is 0.799. The Hall–Kier alpha value is -1.91. The van der Waals surface area contributed by atoms with E-state index in [2.05, 4.69) is 10.3 Å². The molecule has 0 unspecified atom stereocenters. The highest BCUT2D eigenvalue weighted by Gasteiger charge is 2.12. The van der Waals surface area contributed by atoms with E-state index in [9.17, 15) is 9.59 Å². The molecule has 1 rings (SSSR count). The molecule has 16 heavy (non-hydrogen) atoms. The van der Waals surface area contributed by atoms with Gasteiger partial charge in [-0.25, -0.2) is 0 Å². The van der Waals surface area contributed by atoms with E-state index in [4.69, 9.17) is 4.74 Å². The maximum Gasteiger partial charge on any atom is 0.220 e. The molecule has 0 atom stereocenters. The molecule has 5 nitrogen and oxygen atoms in total. The summed E-state index contributed by atoms with van der Waals surface area (Å²) in [6.07, 6.45) is 3.33. The average Bonchev–Trinajstić information content (AvgIpc) is 2.35. The molecule has 0 fully saturated rings. The van der Waals surface area contributed by atoms with E-state index >= 15 is 0 Å². The van der Waals surface area contributed by atoms with Crippen LogP contribution in [0.4, 0.5) is 0 Å². The number of aromatic nitrogens is 1. The van der Waals surface area contributed by atoms with E-state index in [1.807, 2.05) is 0 Å². The third-order valence-electron chi connectivity index (χ3n) is 2.07. The number of ether oxygens (including phenoxy) is 1. The van der Waals surface area contributed by atoms with Crippen molar-refractivity contribution in [2.45, 2.75) is 13.3 Å². The first-order valence-electron chi connectivity index (χ1n) is 4.97. The average molecular weight is 222 g/mol. The lowest BCUT2D eigenvalue weighted by Crippen LogP contribution is -2.29. The Balaban J connectivity index is 2.69. The van der Waals surface area contributed by atoms with Crippen LogP contribution in [-0.2, 0) is 4.79 Å². The third-order valence-corrected chi connectivity index (χ3v) is 2.07. The Morgan fingerprint density at radius 3 is 2.88 bits per heavy atom. The number of amides is 1. The number of pyridine rings is 1. The Morgan fingerprint density at radius 2 is 2.25 bits per heavy atom. The van der Waals surface area contributed by atoms with Crippen LogP contribution in [0.1, 0.15) is 23.7 Å². The Labute approximate surface area is 93.8 Å². The second kappa shape index (κ2) is 5.85. The highest BCUT2D eigenvalue weighted by molar-refractivity contribution is 6.01. The van der Waals surface area contributed by atoms with Gasteiger partial charge in [-0.05, 0) is 6.07 Å². The van der Waals surface area contributed by atoms with Crippen LogP contribution in [0.5, 0.6) is 5.75 Å². The number of rotatable bonds is 5. The maximum atomic E-state index is 11.7. The lowest BCUT2D eigenvalue weighted by atomic mass is 10.1. The Bertz CT molecular complexity index is 391. The lowest BCUT2D eigenvalue weighted by molar-refractivity contribution is -0.120. The number of nitrogens with one attached hydrogen (secondary N) is 1. The summed E-state index contributed by atoms with van der Waals surface area (Å²) in [6.45, 7) is 1.69. The highest BCUT2D eigenvalue weighted by Crippen LogP contribution is 2.15. The Kier molecular flexibility index (Phi) is 4.44. The molecule has 1 aromatic rings. The van der Waals surface area contributed by atoms with Crippen LogP contribution in [-0.4, -0.2) is 30.3 Å². The molecule has 0 saturated heterocycles. The summed E-state index contributed by atoms with van der Waals surface area (Å²) < 4.78 is 5.03. The van der Waals surface area contributed by atoms with Gasteiger partial charge in [0.05, 0.1) is 19.2 Å². The van der Waals surface area contributed by atoms with Gasteiger partial charge in [-0.3, -0.25) is 14.6 Å². The fourth-order valence-electron chi connectivity index (χ4n) is 1.17. The molecule has 86 valence electrons. The Morgan fingerprint density at radius 1 is 1.50 bits per heavy atom. The molecule has 0 saturated carbocycles. The van der Waals surface area contributed by atoms with Crippen molar-refractivity contribution in [2.75, 3.05) is 13.7 Å². The van der Waals surface area contributed by atoms with Gasteiger partial charge in [0.15, 0.2) is 5.78 Å². The van der Waals surface area contributed by atoms with E-state index in [1.54, 1.807) is 19.2 Å². The van der Waals surface area contributed by atoms with E-state index < -0.39 is 0 Å². The quantitative estimate of drug-likeness (QED) is 0.748. The fourth-order valence-corrected chi connectivity index (χ4v) is 1.17. The summed E-state index contributed by atoms with van der Waals surface area (Å²) in [6, 6.07) is 1.61. The standard InChI is InChI=1S/C11H14N2O3/c1-3-11(15)13-7-9(14)8-6-12-5-4-10(8)16-2/h4-6H,3,7H2,1-2H3,(H,13,15). The van der Waals surface area contributed by atoms with Crippen molar-refractivity contribution in [1.29, 1.82) is 0 Å². The summed E-state index contributed by atoms with van der Waals surface area (Å²) in [5, 5.41) is 2.51. The number of hydrogen-bond acceptors (Lipinski definition) is 4.